The molecule has 0 aliphatic carbocycles. The summed E-state index contributed by atoms with van der Waals surface area (Å²) in [6, 6.07) is 0. The van der Waals surface area contributed by atoms with Gasteiger partial charge in [-0.15, -0.1) is 0 Å². The number of rotatable bonds is 8. The molecule has 2 aromatic rings. The lowest BCUT2D eigenvalue weighted by Crippen LogP contribution is -2.17. The van der Waals surface area contributed by atoms with E-state index in [2.05, 4.69) is 56.7 Å². The maximum Gasteiger partial charge on any atom is 0.226 e. The van der Waals surface area contributed by atoms with Crippen LogP contribution in [-0.2, 0) is 0 Å². The molecule has 110 valence electrons. The Bertz CT molecular complexity index is 534. The van der Waals surface area contributed by atoms with Crippen molar-refractivity contribution < 1.29 is 0 Å². The molecule has 2 heterocycles. The smallest absolute Gasteiger partial charge is 0.226 e. The number of hydrogen-bond acceptors (Lipinski definition) is 6. The first-order chi connectivity index (χ1) is 9.70. The zero-order valence-electron chi connectivity index (χ0n) is 12.4. The molecule has 2 aromatic heterocycles. The fourth-order valence-corrected chi connectivity index (χ4v) is 1.89. The van der Waals surface area contributed by atoms with E-state index < -0.39 is 0 Å². The standard InChI is InChI=1S/C13H23N7/c1-4-6-15-13-17-11(14-7-5-8-20(2)3)10-9-16-19-12(10)18-13/h9H,4-8H2,1-3H3,(H3,14,15,16,17,18,19). The third-order valence-electron chi connectivity index (χ3n) is 2.92. The van der Waals surface area contributed by atoms with E-state index in [1.807, 2.05) is 0 Å². The second-order valence-electron chi connectivity index (χ2n) is 5.04. The van der Waals surface area contributed by atoms with E-state index in [-0.39, 0.29) is 0 Å². The minimum atomic E-state index is 0.638. The molecule has 0 atom stereocenters. The number of nitrogens with zero attached hydrogens (tertiary/aromatic N) is 4. The maximum atomic E-state index is 4.52. The van der Waals surface area contributed by atoms with E-state index in [0.717, 1.165) is 49.3 Å². The van der Waals surface area contributed by atoms with Gasteiger partial charge >= 0.3 is 0 Å². The van der Waals surface area contributed by atoms with E-state index in [1.54, 1.807) is 6.20 Å². The van der Waals surface area contributed by atoms with Gasteiger partial charge in [-0.1, -0.05) is 6.92 Å². The first-order valence-electron chi connectivity index (χ1n) is 7.04. The van der Waals surface area contributed by atoms with Gasteiger partial charge in [-0.25, -0.2) is 0 Å². The third kappa shape index (κ3) is 3.80. The second-order valence-corrected chi connectivity index (χ2v) is 5.04. The van der Waals surface area contributed by atoms with Crippen LogP contribution in [0.4, 0.5) is 11.8 Å². The van der Waals surface area contributed by atoms with Crippen molar-refractivity contribution in [2.75, 3.05) is 44.4 Å². The predicted molar refractivity (Wildman–Crippen MR) is 82.1 cm³/mol. The van der Waals surface area contributed by atoms with Crippen LogP contribution >= 0.6 is 0 Å². The molecule has 7 nitrogen and oxygen atoms in total. The minimum absolute atomic E-state index is 0.638. The van der Waals surface area contributed by atoms with Crippen molar-refractivity contribution in [3.63, 3.8) is 0 Å². The molecule has 0 saturated heterocycles. The van der Waals surface area contributed by atoms with Crippen LogP contribution in [0.2, 0.25) is 0 Å². The lowest BCUT2D eigenvalue weighted by molar-refractivity contribution is 0.405. The number of nitrogens with one attached hydrogen (secondary N) is 3. The Balaban J connectivity index is 2.07. The second kappa shape index (κ2) is 7.04. The van der Waals surface area contributed by atoms with Gasteiger partial charge in [0.05, 0.1) is 11.6 Å². The van der Waals surface area contributed by atoms with Gasteiger partial charge in [0.25, 0.3) is 0 Å². The van der Waals surface area contributed by atoms with E-state index in [1.165, 1.54) is 0 Å². The van der Waals surface area contributed by atoms with Gasteiger partial charge in [-0.3, -0.25) is 5.10 Å². The van der Waals surface area contributed by atoms with Crippen molar-refractivity contribution in [2.24, 2.45) is 0 Å². The number of anilines is 2. The van der Waals surface area contributed by atoms with Crippen LogP contribution < -0.4 is 10.6 Å². The van der Waals surface area contributed by atoms with Gasteiger partial charge < -0.3 is 15.5 Å². The molecule has 20 heavy (non-hydrogen) atoms. The molecule has 0 spiro atoms. The monoisotopic (exact) mass is 277 g/mol. The van der Waals surface area contributed by atoms with Crippen molar-refractivity contribution in [1.29, 1.82) is 0 Å². The van der Waals surface area contributed by atoms with Crippen molar-refractivity contribution in [1.82, 2.24) is 25.1 Å². The highest BCUT2D eigenvalue weighted by atomic mass is 15.2. The van der Waals surface area contributed by atoms with Gasteiger partial charge in [-0.05, 0) is 33.5 Å². The third-order valence-corrected chi connectivity index (χ3v) is 2.92. The average molecular weight is 277 g/mol. The molecule has 0 saturated carbocycles. The Hall–Kier alpha value is -1.89. The molecule has 0 fully saturated rings. The van der Waals surface area contributed by atoms with E-state index >= 15 is 0 Å². The van der Waals surface area contributed by atoms with Crippen LogP contribution in [0.15, 0.2) is 6.20 Å². The van der Waals surface area contributed by atoms with E-state index in [9.17, 15) is 0 Å². The van der Waals surface area contributed by atoms with Crippen molar-refractivity contribution in [3.8, 4) is 0 Å². The number of hydrogen-bond donors (Lipinski definition) is 3. The van der Waals surface area contributed by atoms with Crippen LogP contribution in [0.1, 0.15) is 19.8 Å². The van der Waals surface area contributed by atoms with E-state index in [4.69, 9.17) is 0 Å². The number of H-pyrrole nitrogens is 1. The fraction of sp³-hybridized carbons (Fsp3) is 0.615. The largest absolute Gasteiger partial charge is 0.369 e. The molecule has 7 heteroatoms. The van der Waals surface area contributed by atoms with Crippen molar-refractivity contribution in [2.45, 2.75) is 19.8 Å². The first kappa shape index (κ1) is 14.5. The molecule has 0 aliphatic rings. The minimum Gasteiger partial charge on any atom is -0.369 e. The summed E-state index contributed by atoms with van der Waals surface area (Å²) in [5.41, 5.74) is 0.758. The Morgan fingerprint density at radius 3 is 2.80 bits per heavy atom. The Labute approximate surface area is 119 Å². The van der Waals surface area contributed by atoms with Crippen LogP contribution in [-0.4, -0.2) is 58.8 Å². The van der Waals surface area contributed by atoms with Gasteiger partial charge in [0, 0.05) is 13.1 Å². The van der Waals surface area contributed by atoms with Crippen LogP contribution in [0, 0.1) is 0 Å². The van der Waals surface area contributed by atoms with Crippen LogP contribution in [0.5, 0.6) is 0 Å². The summed E-state index contributed by atoms with van der Waals surface area (Å²) >= 11 is 0. The summed E-state index contributed by atoms with van der Waals surface area (Å²) in [5, 5.41) is 14.4. The van der Waals surface area contributed by atoms with Crippen LogP contribution in [0.3, 0.4) is 0 Å². The first-order valence-corrected chi connectivity index (χ1v) is 7.04. The number of fused-ring (bicyclic) bond motifs is 1. The molecule has 2 rings (SSSR count). The number of aromatic amines is 1. The van der Waals surface area contributed by atoms with Gasteiger partial charge in [0.2, 0.25) is 5.95 Å². The molecular formula is C13H23N7. The topological polar surface area (TPSA) is 81.8 Å². The van der Waals surface area contributed by atoms with Crippen LogP contribution in [0.25, 0.3) is 11.0 Å². The molecular weight excluding hydrogens is 254 g/mol. The SMILES string of the molecule is CCCNc1nc(NCCCN(C)C)c2cn[nH]c2n1. The van der Waals surface area contributed by atoms with Gasteiger partial charge in [0.1, 0.15) is 5.82 Å². The predicted octanol–water partition coefficient (Wildman–Crippen LogP) is 1.54. The summed E-state index contributed by atoms with van der Waals surface area (Å²) in [7, 11) is 4.15. The molecule has 0 bridgehead atoms. The maximum absolute atomic E-state index is 4.52. The summed E-state index contributed by atoms with van der Waals surface area (Å²) in [5.74, 6) is 1.47. The normalized spacial score (nSPS) is 11.2. The lowest BCUT2D eigenvalue weighted by atomic mass is 10.3. The molecule has 0 amide bonds. The summed E-state index contributed by atoms with van der Waals surface area (Å²) in [4.78, 5) is 11.1. The van der Waals surface area contributed by atoms with Crippen molar-refractivity contribution >= 4 is 22.8 Å². The summed E-state index contributed by atoms with van der Waals surface area (Å²) < 4.78 is 0. The summed E-state index contributed by atoms with van der Waals surface area (Å²) in [6.07, 6.45) is 3.86. The Morgan fingerprint density at radius 1 is 1.20 bits per heavy atom. The average Bonchev–Trinajstić information content (AvgIpc) is 2.89. The molecule has 0 aliphatic heterocycles. The number of aromatic nitrogens is 4. The Kier molecular flexibility index (Phi) is 5.11. The summed E-state index contributed by atoms with van der Waals surface area (Å²) in [6.45, 7) is 4.90. The molecule has 0 radical (unpaired) electrons. The van der Waals surface area contributed by atoms with Gasteiger partial charge in [-0.2, -0.15) is 15.1 Å². The highest BCUT2D eigenvalue weighted by Crippen LogP contribution is 2.19. The fourth-order valence-electron chi connectivity index (χ4n) is 1.89. The molecule has 0 unspecified atom stereocenters. The molecule has 3 N–H and O–H groups in total. The van der Waals surface area contributed by atoms with Gasteiger partial charge in [0.15, 0.2) is 5.65 Å². The highest BCUT2D eigenvalue weighted by Gasteiger charge is 2.08. The zero-order chi connectivity index (χ0) is 14.4. The van der Waals surface area contributed by atoms with Crippen molar-refractivity contribution in [3.05, 3.63) is 6.20 Å². The zero-order valence-corrected chi connectivity index (χ0v) is 12.4. The van der Waals surface area contributed by atoms with E-state index in [0.29, 0.717) is 5.95 Å². The quantitative estimate of drug-likeness (QED) is 0.635. The highest BCUT2D eigenvalue weighted by molar-refractivity contribution is 5.86. The Morgan fingerprint density at radius 2 is 2.05 bits per heavy atom. The lowest BCUT2D eigenvalue weighted by Gasteiger charge is -2.11. The molecule has 0 aromatic carbocycles.